The Morgan fingerprint density at radius 1 is 1.17 bits per heavy atom. The van der Waals surface area contributed by atoms with Crippen LogP contribution in [0.4, 0.5) is 17.6 Å². The van der Waals surface area contributed by atoms with E-state index in [2.05, 4.69) is 18.1 Å². The van der Waals surface area contributed by atoms with Crippen LogP contribution in [0.5, 0.6) is 0 Å². The lowest BCUT2D eigenvalue weighted by molar-refractivity contribution is -0.138. The highest BCUT2D eigenvalue weighted by atomic mass is 19.4. The number of hydrogen-bond donors (Lipinski definition) is 0. The van der Waals surface area contributed by atoms with E-state index in [0.717, 1.165) is 35.0 Å². The molecule has 2 aromatic carbocycles. The van der Waals surface area contributed by atoms with Crippen LogP contribution in [0.3, 0.4) is 0 Å². The number of halogens is 4. The van der Waals surface area contributed by atoms with Crippen molar-refractivity contribution in [3.63, 3.8) is 0 Å². The lowest BCUT2D eigenvalue weighted by Crippen LogP contribution is -2.49. The van der Waals surface area contributed by atoms with Crippen LogP contribution in [0.1, 0.15) is 60.3 Å². The molecule has 2 unspecified atom stereocenters. The van der Waals surface area contributed by atoms with Gasteiger partial charge in [-0.15, -0.1) is 0 Å². The number of aromatic nitrogens is 2. The first-order valence-corrected chi connectivity index (χ1v) is 12.1. The van der Waals surface area contributed by atoms with Crippen LogP contribution in [-0.2, 0) is 12.6 Å². The molecule has 5 rings (SSSR count). The van der Waals surface area contributed by atoms with Gasteiger partial charge in [-0.2, -0.15) is 18.3 Å². The van der Waals surface area contributed by atoms with Crippen LogP contribution < -0.4 is 0 Å². The fraction of sp³-hybridized carbons (Fsp3) is 0.357. The van der Waals surface area contributed by atoms with E-state index in [4.69, 9.17) is 0 Å². The minimum atomic E-state index is -4.61. The van der Waals surface area contributed by atoms with Crippen molar-refractivity contribution in [3.05, 3.63) is 88.5 Å². The third-order valence-corrected chi connectivity index (χ3v) is 7.55. The molecule has 2 aliphatic carbocycles. The molecule has 0 bridgehead atoms. The second-order valence-electron chi connectivity index (χ2n) is 9.80. The Kier molecular flexibility index (Phi) is 6.01. The van der Waals surface area contributed by atoms with Crippen molar-refractivity contribution in [1.29, 1.82) is 0 Å². The molecule has 188 valence electrons. The van der Waals surface area contributed by atoms with Gasteiger partial charge in [0.1, 0.15) is 5.82 Å². The summed E-state index contributed by atoms with van der Waals surface area (Å²) >= 11 is 0. The quantitative estimate of drug-likeness (QED) is 0.369. The van der Waals surface area contributed by atoms with E-state index in [1.54, 1.807) is 27.9 Å². The summed E-state index contributed by atoms with van der Waals surface area (Å²) in [5.74, 6) is -0.901. The first-order chi connectivity index (χ1) is 17.1. The van der Waals surface area contributed by atoms with E-state index >= 15 is 0 Å². The van der Waals surface area contributed by atoms with E-state index < -0.39 is 23.1 Å². The molecule has 1 heterocycles. The zero-order chi connectivity index (χ0) is 25.7. The molecule has 0 spiro atoms. The first-order valence-electron chi connectivity index (χ1n) is 12.1. The number of alkyl halides is 3. The summed E-state index contributed by atoms with van der Waals surface area (Å²) in [4.78, 5) is 15.3. The maximum Gasteiger partial charge on any atom is 0.417 e. The highest BCUT2D eigenvalue weighted by molar-refractivity contribution is 5.96. The second-order valence-corrected chi connectivity index (χ2v) is 9.80. The van der Waals surface area contributed by atoms with Gasteiger partial charge in [0.15, 0.2) is 0 Å². The van der Waals surface area contributed by atoms with Crippen molar-refractivity contribution in [2.45, 2.75) is 51.7 Å². The summed E-state index contributed by atoms with van der Waals surface area (Å²) in [5.41, 5.74) is 2.20. The van der Waals surface area contributed by atoms with Gasteiger partial charge in [-0.05, 0) is 73.7 Å². The van der Waals surface area contributed by atoms with E-state index in [1.807, 2.05) is 6.92 Å². The van der Waals surface area contributed by atoms with Gasteiger partial charge in [0.25, 0.3) is 5.91 Å². The highest BCUT2D eigenvalue weighted by Gasteiger charge is 2.49. The predicted molar refractivity (Wildman–Crippen MR) is 129 cm³/mol. The Balaban J connectivity index is 1.50. The molecule has 1 aromatic heterocycles. The molecule has 4 nitrogen and oxygen atoms in total. The molecule has 2 atom stereocenters. The molecule has 1 saturated carbocycles. The maximum atomic E-state index is 13.7. The lowest BCUT2D eigenvalue weighted by Gasteiger charge is -2.42. The largest absolute Gasteiger partial charge is 0.417 e. The molecule has 36 heavy (non-hydrogen) atoms. The molecule has 0 aliphatic heterocycles. The molecule has 3 aromatic rings. The zero-order valence-corrected chi connectivity index (χ0v) is 20.1. The van der Waals surface area contributed by atoms with Crippen LogP contribution in [0, 0.1) is 11.2 Å². The molecule has 1 fully saturated rings. The monoisotopic (exact) mass is 497 g/mol. The number of carbonyl (C=O) groups is 1. The van der Waals surface area contributed by atoms with Crippen LogP contribution in [-0.4, -0.2) is 33.2 Å². The van der Waals surface area contributed by atoms with Crippen molar-refractivity contribution < 1.29 is 22.4 Å². The van der Waals surface area contributed by atoms with E-state index in [1.165, 1.54) is 30.3 Å². The van der Waals surface area contributed by atoms with E-state index in [9.17, 15) is 22.4 Å². The normalized spacial score (nSPS) is 21.1. The molecular formula is C28H27F4N3O. The number of amides is 1. The summed E-state index contributed by atoms with van der Waals surface area (Å²) in [6.45, 7) is 4.40. The number of hydrogen-bond acceptors (Lipinski definition) is 2. The Labute approximate surface area is 207 Å². The number of nitrogens with zero attached hydrogens (tertiary/aromatic N) is 3. The fourth-order valence-electron chi connectivity index (χ4n) is 5.82. The Morgan fingerprint density at radius 3 is 2.58 bits per heavy atom. The molecule has 0 N–H and O–H groups in total. The summed E-state index contributed by atoms with van der Waals surface area (Å²) in [7, 11) is 0. The van der Waals surface area contributed by atoms with Crippen molar-refractivity contribution in [2.75, 3.05) is 6.54 Å². The van der Waals surface area contributed by atoms with Gasteiger partial charge in [0, 0.05) is 18.0 Å². The van der Waals surface area contributed by atoms with Gasteiger partial charge >= 0.3 is 6.18 Å². The summed E-state index contributed by atoms with van der Waals surface area (Å²) < 4.78 is 56.3. The van der Waals surface area contributed by atoms with Gasteiger partial charge in [0.2, 0.25) is 0 Å². The molecule has 0 saturated heterocycles. The number of carbonyl (C=O) groups excluding carboxylic acids is 1. The van der Waals surface area contributed by atoms with Crippen molar-refractivity contribution >= 4 is 12.0 Å². The molecule has 1 amide bonds. The molecular weight excluding hydrogens is 470 g/mol. The zero-order valence-electron chi connectivity index (χ0n) is 20.1. The standard InChI is InChI=1S/C28H27F4N3O/c1-3-14-34(26(36)22-6-4-5-7-23(22)28(30,31)32)25-13-8-19-15-24-18(16-27(19,25)2)17-33-35(24)21-11-9-20(29)10-12-21/h4-7,9-12,15,17,25H,3,8,13-14,16H2,1-2H3. The number of fused-ring (bicyclic) bond motifs is 2. The fourth-order valence-corrected chi connectivity index (χ4v) is 5.82. The Bertz CT molecular complexity index is 1330. The van der Waals surface area contributed by atoms with Crippen molar-refractivity contribution in [1.82, 2.24) is 14.7 Å². The smallest absolute Gasteiger partial charge is 0.335 e. The minimum absolute atomic E-state index is 0.236. The van der Waals surface area contributed by atoms with Crippen LogP contribution in [0.25, 0.3) is 11.8 Å². The predicted octanol–water partition coefficient (Wildman–Crippen LogP) is 6.69. The third-order valence-electron chi connectivity index (χ3n) is 7.55. The topological polar surface area (TPSA) is 38.1 Å². The molecule has 0 radical (unpaired) electrons. The van der Waals surface area contributed by atoms with Gasteiger partial charge < -0.3 is 4.90 Å². The Hall–Kier alpha value is -3.42. The van der Waals surface area contributed by atoms with Crippen molar-refractivity contribution in [2.24, 2.45) is 5.41 Å². The lowest BCUT2D eigenvalue weighted by atomic mass is 9.72. The third kappa shape index (κ3) is 4.02. The number of benzene rings is 2. The first kappa shape index (κ1) is 24.3. The minimum Gasteiger partial charge on any atom is -0.335 e. The molecule has 2 aliphatic rings. The maximum absolute atomic E-state index is 13.7. The van der Waals surface area contributed by atoms with Gasteiger partial charge in [0.05, 0.1) is 28.7 Å². The second kappa shape index (κ2) is 8.91. The average molecular weight is 498 g/mol. The summed E-state index contributed by atoms with van der Waals surface area (Å²) in [6.07, 6.45) is 1.95. The summed E-state index contributed by atoms with van der Waals surface area (Å²) in [6, 6.07) is 10.9. The highest BCUT2D eigenvalue weighted by Crippen LogP contribution is 2.52. The SMILES string of the molecule is CCCN(C(=O)c1ccccc1C(F)(F)F)C1CCC2=Cc3c(cnn3-c3ccc(F)cc3)CC21C. The van der Waals surface area contributed by atoms with Gasteiger partial charge in [-0.1, -0.05) is 31.6 Å². The van der Waals surface area contributed by atoms with Gasteiger partial charge in [-0.25, -0.2) is 9.07 Å². The van der Waals surface area contributed by atoms with E-state index in [0.29, 0.717) is 25.8 Å². The molecule has 8 heteroatoms. The number of rotatable bonds is 5. The van der Waals surface area contributed by atoms with E-state index in [-0.39, 0.29) is 17.4 Å². The summed E-state index contributed by atoms with van der Waals surface area (Å²) in [5, 5.41) is 4.53. The average Bonchev–Trinajstić information content (AvgIpc) is 3.40. The van der Waals surface area contributed by atoms with Crippen LogP contribution in [0.15, 0.2) is 60.3 Å². The Morgan fingerprint density at radius 2 is 1.89 bits per heavy atom. The van der Waals surface area contributed by atoms with Gasteiger partial charge in [-0.3, -0.25) is 4.79 Å². The van der Waals surface area contributed by atoms with Crippen LogP contribution in [0.2, 0.25) is 0 Å². The van der Waals surface area contributed by atoms with Crippen LogP contribution >= 0.6 is 0 Å². The van der Waals surface area contributed by atoms with Crippen molar-refractivity contribution in [3.8, 4) is 5.69 Å².